The highest BCUT2D eigenvalue weighted by molar-refractivity contribution is 5.89. The molecular weight excluding hydrogens is 422 g/mol. The van der Waals surface area contributed by atoms with E-state index in [1.165, 1.54) is 5.56 Å². The van der Waals surface area contributed by atoms with Gasteiger partial charge in [-0.25, -0.2) is 4.79 Å². The van der Waals surface area contributed by atoms with Crippen molar-refractivity contribution in [1.29, 1.82) is 0 Å². The molecular formula is C26H33NO6. The van der Waals surface area contributed by atoms with Gasteiger partial charge in [-0.05, 0) is 42.9 Å². The molecule has 0 N–H and O–H groups in total. The fourth-order valence-corrected chi connectivity index (χ4v) is 5.43. The Morgan fingerprint density at radius 1 is 1.18 bits per heavy atom. The molecule has 1 aromatic carbocycles. The molecule has 2 aromatic rings. The molecule has 2 atom stereocenters. The van der Waals surface area contributed by atoms with E-state index in [-0.39, 0.29) is 35.0 Å². The molecule has 1 aliphatic heterocycles. The van der Waals surface area contributed by atoms with Crippen molar-refractivity contribution in [3.63, 3.8) is 0 Å². The number of pyridine rings is 1. The zero-order valence-electron chi connectivity index (χ0n) is 20.1. The second-order valence-corrected chi connectivity index (χ2v) is 9.44. The smallest absolute Gasteiger partial charge is 0.343 e. The second kappa shape index (κ2) is 9.31. The Kier molecular flexibility index (Phi) is 6.64. The molecule has 178 valence electrons. The van der Waals surface area contributed by atoms with E-state index in [9.17, 15) is 9.59 Å². The number of carbonyl (C=O) groups is 1. The molecule has 0 saturated heterocycles. The molecule has 7 nitrogen and oxygen atoms in total. The fourth-order valence-electron chi connectivity index (χ4n) is 5.43. The number of fused-ring (bicyclic) bond motifs is 6. The fraction of sp³-hybridized carbons (Fsp3) is 0.538. The lowest BCUT2D eigenvalue weighted by Gasteiger charge is -2.40. The van der Waals surface area contributed by atoms with Gasteiger partial charge < -0.3 is 23.5 Å². The molecule has 4 rings (SSSR count). The van der Waals surface area contributed by atoms with Crippen molar-refractivity contribution in [3.05, 3.63) is 51.3 Å². The first-order chi connectivity index (χ1) is 15.8. The molecule has 33 heavy (non-hydrogen) atoms. The summed E-state index contributed by atoms with van der Waals surface area (Å²) in [7, 11) is 3.29. The Balaban J connectivity index is 1.86. The van der Waals surface area contributed by atoms with E-state index in [1.54, 1.807) is 33.4 Å². The van der Waals surface area contributed by atoms with Crippen LogP contribution in [0.3, 0.4) is 0 Å². The number of nitrogens with zero attached hydrogens (tertiary/aromatic N) is 1. The van der Waals surface area contributed by atoms with Gasteiger partial charge in [-0.2, -0.15) is 0 Å². The maximum atomic E-state index is 12.9. The van der Waals surface area contributed by atoms with Gasteiger partial charge in [-0.1, -0.05) is 13.8 Å². The Labute approximate surface area is 194 Å². The number of methoxy groups -OCH3 is 2. The maximum Gasteiger partial charge on any atom is 0.343 e. The third-order valence-corrected chi connectivity index (χ3v) is 6.97. The number of rotatable bonds is 8. The minimum absolute atomic E-state index is 0.00710. The highest BCUT2D eigenvalue weighted by Crippen LogP contribution is 2.59. The molecule has 0 spiro atoms. The predicted octanol–water partition coefficient (Wildman–Crippen LogP) is 4.32. The van der Waals surface area contributed by atoms with Crippen molar-refractivity contribution < 1.29 is 23.7 Å². The summed E-state index contributed by atoms with van der Waals surface area (Å²) in [6, 6.07) is 5.88. The van der Waals surface area contributed by atoms with Crippen molar-refractivity contribution >= 4 is 5.97 Å². The molecule has 2 aliphatic rings. The Hall–Kier alpha value is -2.64. The van der Waals surface area contributed by atoms with E-state index in [0.29, 0.717) is 19.8 Å². The molecule has 1 fully saturated rings. The van der Waals surface area contributed by atoms with Crippen LogP contribution in [0.2, 0.25) is 0 Å². The SMILES string of the molecule is CCOC(=O)c1cn2c(cc1=O)-c1cc(OC)c(COCCOC)cc1[C@H]1CCC(C)(C)[C@H]12. The number of carbonyl (C=O) groups excluding carboxylic acids is 1. The van der Waals surface area contributed by atoms with Crippen LogP contribution in [0.1, 0.15) is 67.1 Å². The van der Waals surface area contributed by atoms with Crippen molar-refractivity contribution in [2.24, 2.45) is 5.41 Å². The molecule has 2 heterocycles. The zero-order chi connectivity index (χ0) is 23.8. The van der Waals surface area contributed by atoms with Gasteiger partial charge in [0.15, 0.2) is 5.43 Å². The molecule has 0 bridgehead atoms. The van der Waals surface area contributed by atoms with Crippen LogP contribution in [0.4, 0.5) is 0 Å². The molecule has 7 heteroatoms. The number of hydrogen-bond acceptors (Lipinski definition) is 6. The van der Waals surface area contributed by atoms with E-state index in [2.05, 4.69) is 24.5 Å². The molecule has 0 radical (unpaired) electrons. The van der Waals surface area contributed by atoms with Crippen LogP contribution in [0.5, 0.6) is 5.75 Å². The summed E-state index contributed by atoms with van der Waals surface area (Å²) in [6.45, 7) is 7.95. The van der Waals surface area contributed by atoms with Gasteiger partial charge in [0, 0.05) is 42.5 Å². The number of esters is 1. The summed E-state index contributed by atoms with van der Waals surface area (Å²) in [5.41, 5.74) is 3.73. The Bertz CT molecular complexity index is 1100. The summed E-state index contributed by atoms with van der Waals surface area (Å²) in [6.07, 6.45) is 3.78. The summed E-state index contributed by atoms with van der Waals surface area (Å²) in [5, 5.41) is 0. The van der Waals surface area contributed by atoms with Crippen molar-refractivity contribution in [2.45, 2.75) is 52.2 Å². The van der Waals surface area contributed by atoms with Gasteiger partial charge in [-0.3, -0.25) is 4.79 Å². The zero-order valence-corrected chi connectivity index (χ0v) is 20.1. The number of benzene rings is 1. The first-order valence-electron chi connectivity index (χ1n) is 11.5. The minimum Gasteiger partial charge on any atom is -0.496 e. The van der Waals surface area contributed by atoms with Crippen LogP contribution in [-0.2, 0) is 20.8 Å². The van der Waals surface area contributed by atoms with E-state index < -0.39 is 5.97 Å². The monoisotopic (exact) mass is 455 g/mol. The summed E-state index contributed by atoms with van der Waals surface area (Å²) >= 11 is 0. The molecule has 0 amide bonds. The van der Waals surface area contributed by atoms with Crippen LogP contribution < -0.4 is 10.2 Å². The van der Waals surface area contributed by atoms with E-state index >= 15 is 0 Å². The molecule has 0 unspecified atom stereocenters. The van der Waals surface area contributed by atoms with Gasteiger partial charge in [0.25, 0.3) is 0 Å². The average Bonchev–Trinajstić information content (AvgIpc) is 3.11. The topological polar surface area (TPSA) is 76.0 Å². The first-order valence-corrected chi connectivity index (χ1v) is 11.5. The highest BCUT2D eigenvalue weighted by Gasteiger charge is 2.47. The first kappa shape index (κ1) is 23.5. The van der Waals surface area contributed by atoms with E-state index in [1.807, 2.05) is 6.07 Å². The lowest BCUT2D eigenvalue weighted by molar-refractivity contribution is 0.0523. The number of hydrogen-bond donors (Lipinski definition) is 0. The van der Waals surface area contributed by atoms with Gasteiger partial charge in [0.2, 0.25) is 0 Å². The summed E-state index contributed by atoms with van der Waals surface area (Å²) in [5.74, 6) is 0.413. The highest BCUT2D eigenvalue weighted by atomic mass is 16.5. The largest absolute Gasteiger partial charge is 0.496 e. The summed E-state index contributed by atoms with van der Waals surface area (Å²) < 4.78 is 23.8. The van der Waals surface area contributed by atoms with Crippen LogP contribution in [0.15, 0.2) is 29.2 Å². The quantitative estimate of drug-likeness (QED) is 0.436. The van der Waals surface area contributed by atoms with E-state index in [4.69, 9.17) is 18.9 Å². The Morgan fingerprint density at radius 3 is 2.67 bits per heavy atom. The second-order valence-electron chi connectivity index (χ2n) is 9.44. The number of ether oxygens (including phenoxy) is 4. The van der Waals surface area contributed by atoms with E-state index in [0.717, 1.165) is 35.4 Å². The van der Waals surface area contributed by atoms with Crippen LogP contribution in [0.25, 0.3) is 11.3 Å². The third-order valence-electron chi connectivity index (χ3n) is 6.97. The Morgan fingerprint density at radius 2 is 1.97 bits per heavy atom. The van der Waals surface area contributed by atoms with Crippen LogP contribution in [0, 0.1) is 5.41 Å². The maximum absolute atomic E-state index is 12.9. The molecule has 1 aromatic heterocycles. The molecule has 1 saturated carbocycles. The predicted molar refractivity (Wildman–Crippen MR) is 125 cm³/mol. The molecule has 1 aliphatic carbocycles. The van der Waals surface area contributed by atoms with Crippen LogP contribution >= 0.6 is 0 Å². The van der Waals surface area contributed by atoms with Crippen molar-refractivity contribution in [1.82, 2.24) is 4.57 Å². The third kappa shape index (κ3) is 4.20. The van der Waals surface area contributed by atoms with Crippen molar-refractivity contribution in [3.8, 4) is 17.0 Å². The van der Waals surface area contributed by atoms with Gasteiger partial charge >= 0.3 is 5.97 Å². The summed E-state index contributed by atoms with van der Waals surface area (Å²) in [4.78, 5) is 25.4. The van der Waals surface area contributed by atoms with Gasteiger partial charge in [-0.15, -0.1) is 0 Å². The van der Waals surface area contributed by atoms with Gasteiger partial charge in [0.05, 0.1) is 39.2 Å². The van der Waals surface area contributed by atoms with Crippen LogP contribution in [-0.4, -0.2) is 44.6 Å². The average molecular weight is 456 g/mol. The minimum atomic E-state index is -0.572. The lowest BCUT2D eigenvalue weighted by Crippen LogP contribution is -2.32. The normalized spacial score (nSPS) is 20.0. The van der Waals surface area contributed by atoms with Crippen molar-refractivity contribution in [2.75, 3.05) is 34.0 Å². The standard InChI is InChI=1S/C26H33NO6/c1-6-33-25(29)20-14-27-21(13-22(20)28)19-12-23(31-5)16(15-32-10-9-30-4)11-18(19)17-7-8-26(2,3)24(17)27/h11-14,17,24H,6-10,15H2,1-5H3/t17-,24+/m1/s1. The lowest BCUT2D eigenvalue weighted by atomic mass is 9.77. The number of aromatic nitrogens is 1. The van der Waals surface area contributed by atoms with Gasteiger partial charge in [0.1, 0.15) is 11.3 Å².